The van der Waals surface area contributed by atoms with Crippen molar-refractivity contribution in [2.75, 3.05) is 11.4 Å². The summed E-state index contributed by atoms with van der Waals surface area (Å²) < 4.78 is 5.87. The highest BCUT2D eigenvalue weighted by atomic mass is 16.5. The Hall–Kier alpha value is -2.88. The number of rotatable bonds is 6. The minimum absolute atomic E-state index is 0.553. The molecule has 122 valence electrons. The predicted molar refractivity (Wildman–Crippen MR) is 96.5 cm³/mol. The molecule has 0 aliphatic carbocycles. The molecule has 0 radical (unpaired) electrons. The molecule has 4 nitrogen and oxygen atoms in total. The van der Waals surface area contributed by atoms with E-state index in [-0.39, 0.29) is 0 Å². The van der Waals surface area contributed by atoms with Crippen molar-refractivity contribution in [1.82, 2.24) is 9.97 Å². The van der Waals surface area contributed by atoms with Crippen molar-refractivity contribution >= 4 is 5.82 Å². The van der Waals surface area contributed by atoms with E-state index < -0.39 is 0 Å². The number of ether oxygens (including phenoxy) is 1. The first kappa shape index (κ1) is 16.0. The van der Waals surface area contributed by atoms with Gasteiger partial charge in [0.2, 0.25) is 5.88 Å². The van der Waals surface area contributed by atoms with E-state index in [1.54, 1.807) is 6.33 Å². The third kappa shape index (κ3) is 4.10. The van der Waals surface area contributed by atoms with Crippen LogP contribution < -0.4 is 9.64 Å². The van der Waals surface area contributed by atoms with E-state index in [0.29, 0.717) is 5.88 Å². The largest absolute Gasteiger partial charge is 0.439 e. The standard InChI is InChI=1S/C20H21N3O/c1-3-23(14-17-9-5-4-6-10-17)19-13-20(22-15-21-19)24-18-11-7-8-16(2)12-18/h4-13,15H,3,14H2,1-2H3. The van der Waals surface area contributed by atoms with Gasteiger partial charge in [-0.15, -0.1) is 0 Å². The zero-order chi connectivity index (χ0) is 16.8. The molecule has 24 heavy (non-hydrogen) atoms. The summed E-state index contributed by atoms with van der Waals surface area (Å²) in [5.74, 6) is 2.20. The van der Waals surface area contributed by atoms with Crippen molar-refractivity contribution in [1.29, 1.82) is 0 Å². The third-order valence-electron chi connectivity index (χ3n) is 3.76. The Morgan fingerprint density at radius 2 is 1.79 bits per heavy atom. The van der Waals surface area contributed by atoms with Gasteiger partial charge in [-0.25, -0.2) is 9.97 Å². The normalized spacial score (nSPS) is 10.4. The van der Waals surface area contributed by atoms with Crippen LogP contribution in [0.4, 0.5) is 5.82 Å². The lowest BCUT2D eigenvalue weighted by Crippen LogP contribution is -2.23. The number of anilines is 1. The molecule has 0 fully saturated rings. The van der Waals surface area contributed by atoms with Gasteiger partial charge in [0.15, 0.2) is 0 Å². The fourth-order valence-electron chi connectivity index (χ4n) is 2.52. The second-order valence-electron chi connectivity index (χ2n) is 5.63. The van der Waals surface area contributed by atoms with Gasteiger partial charge in [0.05, 0.1) is 0 Å². The topological polar surface area (TPSA) is 38.2 Å². The highest BCUT2D eigenvalue weighted by Gasteiger charge is 2.09. The van der Waals surface area contributed by atoms with Crippen molar-refractivity contribution < 1.29 is 4.74 Å². The van der Waals surface area contributed by atoms with Gasteiger partial charge in [-0.1, -0.05) is 42.5 Å². The average Bonchev–Trinajstić information content (AvgIpc) is 2.61. The lowest BCUT2D eigenvalue weighted by molar-refractivity contribution is 0.461. The maximum atomic E-state index is 5.87. The number of hydrogen-bond acceptors (Lipinski definition) is 4. The molecule has 0 N–H and O–H groups in total. The van der Waals surface area contributed by atoms with Crippen LogP contribution in [-0.4, -0.2) is 16.5 Å². The minimum Gasteiger partial charge on any atom is -0.439 e. The van der Waals surface area contributed by atoms with Crippen LogP contribution in [0, 0.1) is 6.92 Å². The summed E-state index contributed by atoms with van der Waals surface area (Å²) in [5, 5.41) is 0. The van der Waals surface area contributed by atoms with E-state index in [1.807, 2.05) is 43.3 Å². The summed E-state index contributed by atoms with van der Waals surface area (Å²) in [7, 11) is 0. The number of hydrogen-bond donors (Lipinski definition) is 0. The van der Waals surface area contributed by atoms with Gasteiger partial charge < -0.3 is 9.64 Å². The summed E-state index contributed by atoms with van der Waals surface area (Å²) in [5.41, 5.74) is 2.40. The van der Waals surface area contributed by atoms with Crippen molar-refractivity contribution in [3.63, 3.8) is 0 Å². The summed E-state index contributed by atoms with van der Waals surface area (Å²) in [6.07, 6.45) is 1.55. The third-order valence-corrected chi connectivity index (χ3v) is 3.76. The molecule has 0 unspecified atom stereocenters. The van der Waals surface area contributed by atoms with E-state index in [1.165, 1.54) is 5.56 Å². The number of aryl methyl sites for hydroxylation is 1. The zero-order valence-electron chi connectivity index (χ0n) is 14.0. The number of nitrogens with zero attached hydrogens (tertiary/aromatic N) is 3. The van der Waals surface area contributed by atoms with Gasteiger partial charge in [0.25, 0.3) is 0 Å². The molecule has 3 aromatic rings. The van der Waals surface area contributed by atoms with E-state index >= 15 is 0 Å². The van der Waals surface area contributed by atoms with Crippen molar-refractivity contribution in [2.45, 2.75) is 20.4 Å². The van der Waals surface area contributed by atoms with Crippen LogP contribution in [0.2, 0.25) is 0 Å². The highest BCUT2D eigenvalue weighted by Crippen LogP contribution is 2.23. The quantitative estimate of drug-likeness (QED) is 0.665. The molecular formula is C20H21N3O. The molecule has 2 aromatic carbocycles. The minimum atomic E-state index is 0.553. The Bertz CT molecular complexity index is 790. The molecule has 4 heteroatoms. The van der Waals surface area contributed by atoms with Gasteiger partial charge in [-0.3, -0.25) is 0 Å². The van der Waals surface area contributed by atoms with Gasteiger partial charge in [0, 0.05) is 19.2 Å². The van der Waals surface area contributed by atoms with Gasteiger partial charge in [0.1, 0.15) is 17.9 Å². The van der Waals surface area contributed by atoms with Crippen LogP contribution in [0.25, 0.3) is 0 Å². The summed E-state index contributed by atoms with van der Waals surface area (Å²) in [6.45, 7) is 5.82. The van der Waals surface area contributed by atoms with Gasteiger partial charge >= 0.3 is 0 Å². The highest BCUT2D eigenvalue weighted by molar-refractivity contribution is 5.43. The average molecular weight is 319 g/mol. The molecule has 0 amide bonds. The lowest BCUT2D eigenvalue weighted by atomic mass is 10.2. The van der Waals surface area contributed by atoms with Crippen LogP contribution in [0.1, 0.15) is 18.1 Å². The Labute approximate surface area is 142 Å². The maximum Gasteiger partial charge on any atom is 0.224 e. The zero-order valence-corrected chi connectivity index (χ0v) is 14.0. The second kappa shape index (κ2) is 7.59. The van der Waals surface area contributed by atoms with Gasteiger partial charge in [-0.05, 0) is 37.1 Å². The Kier molecular flexibility index (Phi) is 5.06. The van der Waals surface area contributed by atoms with Crippen molar-refractivity contribution in [2.24, 2.45) is 0 Å². The smallest absolute Gasteiger partial charge is 0.224 e. The summed E-state index contributed by atoms with van der Waals surface area (Å²) in [4.78, 5) is 10.8. The molecule has 0 aliphatic heterocycles. The molecule has 0 aliphatic rings. The summed E-state index contributed by atoms with van der Waals surface area (Å²) >= 11 is 0. The Morgan fingerprint density at radius 1 is 0.958 bits per heavy atom. The number of benzene rings is 2. The molecule has 1 heterocycles. The number of aromatic nitrogens is 2. The fourth-order valence-corrected chi connectivity index (χ4v) is 2.52. The first-order valence-corrected chi connectivity index (χ1v) is 8.10. The van der Waals surface area contributed by atoms with E-state index in [0.717, 1.165) is 30.2 Å². The van der Waals surface area contributed by atoms with E-state index in [4.69, 9.17) is 4.74 Å². The first-order valence-electron chi connectivity index (χ1n) is 8.10. The molecule has 0 spiro atoms. The van der Waals surface area contributed by atoms with Crippen LogP contribution in [0.5, 0.6) is 11.6 Å². The Morgan fingerprint density at radius 3 is 2.54 bits per heavy atom. The molecule has 1 aromatic heterocycles. The van der Waals surface area contributed by atoms with E-state index in [2.05, 4.69) is 46.1 Å². The Balaban J connectivity index is 1.78. The van der Waals surface area contributed by atoms with Crippen molar-refractivity contribution in [3.05, 3.63) is 78.1 Å². The maximum absolute atomic E-state index is 5.87. The predicted octanol–water partition coefficient (Wildman–Crippen LogP) is 4.60. The van der Waals surface area contributed by atoms with Crippen molar-refractivity contribution in [3.8, 4) is 11.6 Å². The van der Waals surface area contributed by atoms with E-state index in [9.17, 15) is 0 Å². The summed E-state index contributed by atoms with van der Waals surface area (Å²) in [6, 6.07) is 20.2. The first-order chi connectivity index (χ1) is 11.7. The lowest BCUT2D eigenvalue weighted by Gasteiger charge is -2.22. The van der Waals surface area contributed by atoms with Crippen LogP contribution in [0.15, 0.2) is 67.0 Å². The monoisotopic (exact) mass is 319 g/mol. The molecule has 0 atom stereocenters. The molecule has 0 saturated carbocycles. The second-order valence-corrected chi connectivity index (χ2v) is 5.63. The molecule has 0 saturated heterocycles. The van der Waals surface area contributed by atoms with Crippen LogP contribution in [0.3, 0.4) is 0 Å². The van der Waals surface area contributed by atoms with Crippen LogP contribution in [-0.2, 0) is 6.54 Å². The molecular weight excluding hydrogens is 298 g/mol. The molecule has 3 rings (SSSR count). The molecule has 0 bridgehead atoms. The van der Waals surface area contributed by atoms with Gasteiger partial charge in [-0.2, -0.15) is 0 Å². The fraction of sp³-hybridized carbons (Fsp3) is 0.200. The van der Waals surface area contributed by atoms with Crippen LogP contribution >= 0.6 is 0 Å². The SMILES string of the molecule is CCN(Cc1ccccc1)c1cc(Oc2cccc(C)c2)ncn1.